The van der Waals surface area contributed by atoms with E-state index in [-0.39, 0.29) is 6.42 Å². The van der Waals surface area contributed by atoms with Gasteiger partial charge in [0.25, 0.3) is 0 Å². The summed E-state index contributed by atoms with van der Waals surface area (Å²) in [4.78, 5) is 58.8. The fraction of sp³-hybridized carbons (Fsp3) is 0.389. The maximum atomic E-state index is 12.8. The van der Waals surface area contributed by atoms with Crippen LogP contribution in [0, 0.1) is 0 Å². The second-order valence-corrected chi connectivity index (χ2v) is 6.38. The highest BCUT2D eigenvalue weighted by atomic mass is 16.4. The minimum Gasteiger partial charge on any atom is -0.480 e. The molecule has 0 saturated carbocycles. The lowest BCUT2D eigenvalue weighted by atomic mass is 10.0. The first-order chi connectivity index (χ1) is 14.1. The second-order valence-electron chi connectivity index (χ2n) is 6.38. The summed E-state index contributed by atoms with van der Waals surface area (Å²) in [5.74, 6) is -4.78. The number of hydrogen-bond donors (Lipinski definition) is 7. The quantitative estimate of drug-likeness (QED) is 0.179. The monoisotopic (exact) mass is 423 g/mol. The number of carbonyl (C=O) groups is 5. The Kier molecular flexibility index (Phi) is 9.92. The van der Waals surface area contributed by atoms with Gasteiger partial charge in [-0.15, -0.1) is 0 Å². The third-order valence-corrected chi connectivity index (χ3v) is 3.90. The number of carboxylic acid groups (broad SMARTS) is 1. The SMILES string of the molecule is NC(=O)CC(NC(=O)C(Cc1ccccc1)NC(=O)C(N)CO)C(=O)NCC(=O)O. The molecule has 0 aromatic heterocycles. The maximum absolute atomic E-state index is 12.8. The number of aliphatic carboxylic acids is 1. The van der Waals surface area contributed by atoms with Crippen LogP contribution in [0.1, 0.15) is 12.0 Å². The van der Waals surface area contributed by atoms with Crippen LogP contribution in [0.3, 0.4) is 0 Å². The molecule has 164 valence electrons. The number of carboxylic acids is 1. The van der Waals surface area contributed by atoms with Gasteiger partial charge in [-0.1, -0.05) is 30.3 Å². The van der Waals surface area contributed by atoms with Crippen LogP contribution < -0.4 is 27.4 Å². The lowest BCUT2D eigenvalue weighted by Crippen LogP contribution is -2.57. The van der Waals surface area contributed by atoms with Gasteiger partial charge in [0, 0.05) is 6.42 Å². The largest absolute Gasteiger partial charge is 0.480 e. The molecule has 4 amide bonds. The zero-order valence-corrected chi connectivity index (χ0v) is 16.0. The molecule has 0 aliphatic rings. The fourth-order valence-corrected chi connectivity index (χ4v) is 2.39. The van der Waals surface area contributed by atoms with Crippen LogP contribution >= 0.6 is 0 Å². The molecule has 0 aliphatic heterocycles. The highest BCUT2D eigenvalue weighted by Gasteiger charge is 2.29. The predicted molar refractivity (Wildman–Crippen MR) is 104 cm³/mol. The number of carbonyl (C=O) groups excluding carboxylic acids is 4. The first kappa shape index (κ1) is 24.5. The zero-order chi connectivity index (χ0) is 22.7. The van der Waals surface area contributed by atoms with Gasteiger partial charge in [-0.3, -0.25) is 24.0 Å². The number of nitrogens with two attached hydrogens (primary N) is 2. The van der Waals surface area contributed by atoms with Gasteiger partial charge in [0.05, 0.1) is 13.0 Å². The third kappa shape index (κ3) is 8.67. The lowest BCUT2D eigenvalue weighted by molar-refractivity contribution is -0.138. The normalized spacial score (nSPS) is 13.4. The van der Waals surface area contributed by atoms with E-state index in [4.69, 9.17) is 21.7 Å². The highest BCUT2D eigenvalue weighted by Crippen LogP contribution is 2.05. The van der Waals surface area contributed by atoms with Crippen LogP contribution in [0.4, 0.5) is 0 Å². The van der Waals surface area contributed by atoms with Crippen molar-refractivity contribution in [2.45, 2.75) is 31.0 Å². The molecule has 0 bridgehead atoms. The summed E-state index contributed by atoms with van der Waals surface area (Å²) < 4.78 is 0. The van der Waals surface area contributed by atoms with Gasteiger partial charge in [-0.25, -0.2) is 0 Å². The van der Waals surface area contributed by atoms with Gasteiger partial charge >= 0.3 is 5.97 Å². The van der Waals surface area contributed by atoms with Crippen LogP contribution in [0.2, 0.25) is 0 Å². The van der Waals surface area contributed by atoms with Gasteiger partial charge in [0.2, 0.25) is 23.6 Å². The minimum absolute atomic E-state index is 0.0244. The fourth-order valence-electron chi connectivity index (χ4n) is 2.39. The molecule has 0 saturated heterocycles. The topological polar surface area (TPSA) is 214 Å². The minimum atomic E-state index is -1.45. The van der Waals surface area contributed by atoms with Crippen molar-refractivity contribution < 1.29 is 34.2 Å². The first-order valence-corrected chi connectivity index (χ1v) is 8.93. The number of rotatable bonds is 12. The molecule has 30 heavy (non-hydrogen) atoms. The van der Waals surface area contributed by atoms with E-state index >= 15 is 0 Å². The molecule has 0 aliphatic carbocycles. The summed E-state index contributed by atoms with van der Waals surface area (Å²) in [6, 6.07) is 4.71. The van der Waals surface area contributed by atoms with Gasteiger partial charge < -0.3 is 37.6 Å². The van der Waals surface area contributed by atoms with E-state index in [9.17, 15) is 24.0 Å². The molecule has 0 radical (unpaired) electrons. The van der Waals surface area contributed by atoms with E-state index in [1.165, 1.54) is 0 Å². The number of benzene rings is 1. The van der Waals surface area contributed by atoms with Crippen molar-refractivity contribution in [3.05, 3.63) is 35.9 Å². The second kappa shape index (κ2) is 12.1. The van der Waals surface area contributed by atoms with Crippen molar-refractivity contribution in [3.63, 3.8) is 0 Å². The third-order valence-electron chi connectivity index (χ3n) is 3.90. The van der Waals surface area contributed by atoms with Gasteiger partial charge in [-0.05, 0) is 5.56 Å². The standard InChI is InChI=1S/C18H25N5O7/c19-11(9-24)16(28)22-12(6-10-4-2-1-3-5-10)18(30)23-13(7-14(20)25)17(29)21-8-15(26)27/h1-5,11-13,24H,6-9,19H2,(H2,20,25)(H,21,29)(H,22,28)(H,23,30)(H,26,27). The number of aliphatic hydroxyl groups is 1. The Balaban J connectivity index is 2.99. The zero-order valence-electron chi connectivity index (χ0n) is 16.0. The number of primary amides is 1. The molecule has 1 aromatic carbocycles. The van der Waals surface area contributed by atoms with Gasteiger partial charge in [0.15, 0.2) is 0 Å². The first-order valence-electron chi connectivity index (χ1n) is 8.93. The maximum Gasteiger partial charge on any atom is 0.322 e. The van der Waals surface area contributed by atoms with Crippen LogP contribution in [0.15, 0.2) is 30.3 Å². The van der Waals surface area contributed by atoms with E-state index in [2.05, 4.69) is 10.6 Å². The Labute approximate surface area is 172 Å². The van der Waals surface area contributed by atoms with E-state index in [0.717, 1.165) is 0 Å². The molecule has 0 heterocycles. The summed E-state index contributed by atoms with van der Waals surface area (Å²) in [5.41, 5.74) is 11.2. The van der Waals surface area contributed by atoms with Crippen molar-refractivity contribution in [2.75, 3.05) is 13.2 Å². The Morgan fingerprint density at radius 2 is 1.53 bits per heavy atom. The Morgan fingerprint density at radius 3 is 2.07 bits per heavy atom. The summed E-state index contributed by atoms with van der Waals surface area (Å²) in [7, 11) is 0. The summed E-state index contributed by atoms with van der Waals surface area (Å²) in [6.45, 7) is -1.37. The van der Waals surface area contributed by atoms with Crippen molar-refractivity contribution in [1.29, 1.82) is 0 Å². The summed E-state index contributed by atoms with van der Waals surface area (Å²) in [5, 5.41) is 24.4. The summed E-state index contributed by atoms with van der Waals surface area (Å²) in [6.07, 6.45) is -0.560. The van der Waals surface area contributed by atoms with Crippen LogP contribution in [0.25, 0.3) is 0 Å². The lowest BCUT2D eigenvalue weighted by Gasteiger charge is -2.23. The smallest absolute Gasteiger partial charge is 0.322 e. The van der Waals surface area contributed by atoms with Gasteiger partial charge in [-0.2, -0.15) is 0 Å². The molecule has 0 fully saturated rings. The Bertz CT molecular complexity index is 771. The number of amides is 4. The molecular formula is C18H25N5O7. The van der Waals surface area contributed by atoms with Crippen LogP contribution in [-0.4, -0.2) is 71.1 Å². The molecule has 12 nitrogen and oxygen atoms in total. The number of hydrogen-bond acceptors (Lipinski definition) is 7. The van der Waals surface area contributed by atoms with E-state index < -0.39 is 67.3 Å². The van der Waals surface area contributed by atoms with Crippen molar-refractivity contribution in [1.82, 2.24) is 16.0 Å². The van der Waals surface area contributed by atoms with Gasteiger partial charge in [0.1, 0.15) is 24.7 Å². The van der Waals surface area contributed by atoms with E-state index in [1.54, 1.807) is 30.3 Å². The Hall–Kier alpha value is -3.51. The number of nitrogens with one attached hydrogen (secondary N) is 3. The molecule has 12 heteroatoms. The predicted octanol–water partition coefficient (Wildman–Crippen LogP) is -3.41. The molecule has 1 rings (SSSR count). The number of aliphatic hydroxyl groups excluding tert-OH is 1. The molecule has 3 unspecified atom stereocenters. The highest BCUT2D eigenvalue weighted by molar-refractivity contribution is 5.95. The van der Waals surface area contributed by atoms with E-state index in [0.29, 0.717) is 5.56 Å². The molecule has 1 aromatic rings. The van der Waals surface area contributed by atoms with Crippen LogP contribution in [-0.2, 0) is 30.4 Å². The molecular weight excluding hydrogens is 398 g/mol. The van der Waals surface area contributed by atoms with Crippen molar-refractivity contribution >= 4 is 29.6 Å². The van der Waals surface area contributed by atoms with Crippen molar-refractivity contribution in [3.8, 4) is 0 Å². The van der Waals surface area contributed by atoms with Crippen molar-refractivity contribution in [2.24, 2.45) is 11.5 Å². The molecule has 0 spiro atoms. The Morgan fingerprint density at radius 1 is 0.933 bits per heavy atom. The van der Waals surface area contributed by atoms with E-state index in [1.807, 2.05) is 5.32 Å². The summed E-state index contributed by atoms with van der Waals surface area (Å²) >= 11 is 0. The molecule has 3 atom stereocenters. The average Bonchev–Trinajstić information content (AvgIpc) is 2.70. The van der Waals surface area contributed by atoms with Crippen LogP contribution in [0.5, 0.6) is 0 Å². The average molecular weight is 423 g/mol. The molecule has 9 N–H and O–H groups in total.